The quantitative estimate of drug-likeness (QED) is 0.646. The molecule has 0 saturated carbocycles. The van der Waals surface area contributed by atoms with Crippen molar-refractivity contribution < 1.29 is 0 Å². The Hall–Kier alpha value is -0.370. The first-order chi connectivity index (χ1) is 5.02. The van der Waals surface area contributed by atoms with Crippen LogP contribution in [-0.2, 0) is 5.41 Å². The molecular formula is C9H12BrN. The summed E-state index contributed by atoms with van der Waals surface area (Å²) in [5, 5.41) is 0. The fraction of sp³-hybridized carbons (Fsp3) is 0.444. The second-order valence-corrected chi connectivity index (χ2v) is 4.46. The van der Waals surface area contributed by atoms with E-state index in [9.17, 15) is 0 Å². The number of hydrogen-bond donors (Lipinski definition) is 0. The normalized spacial score (nSPS) is 11.6. The molecule has 2 heteroatoms. The SMILES string of the molecule is CC(C)(C)c1ccncc1Br. The van der Waals surface area contributed by atoms with Crippen LogP contribution in [0.15, 0.2) is 22.9 Å². The molecule has 1 aromatic rings. The smallest absolute Gasteiger partial charge is 0.0413 e. The average Bonchev–Trinajstić information content (AvgIpc) is 1.86. The van der Waals surface area contributed by atoms with Gasteiger partial charge >= 0.3 is 0 Å². The van der Waals surface area contributed by atoms with E-state index >= 15 is 0 Å². The highest BCUT2D eigenvalue weighted by molar-refractivity contribution is 9.10. The Labute approximate surface area is 76.0 Å². The van der Waals surface area contributed by atoms with Gasteiger partial charge in [0.1, 0.15) is 0 Å². The van der Waals surface area contributed by atoms with Crippen LogP contribution in [0.25, 0.3) is 0 Å². The van der Waals surface area contributed by atoms with Crippen LogP contribution in [0.5, 0.6) is 0 Å². The number of halogens is 1. The summed E-state index contributed by atoms with van der Waals surface area (Å²) in [6.07, 6.45) is 3.66. The van der Waals surface area contributed by atoms with Crippen LogP contribution in [-0.4, -0.2) is 4.98 Å². The van der Waals surface area contributed by atoms with Gasteiger partial charge in [0.15, 0.2) is 0 Å². The maximum Gasteiger partial charge on any atom is 0.0413 e. The van der Waals surface area contributed by atoms with Gasteiger partial charge in [-0.15, -0.1) is 0 Å². The topological polar surface area (TPSA) is 12.9 Å². The van der Waals surface area contributed by atoms with Gasteiger partial charge in [0, 0.05) is 16.9 Å². The lowest BCUT2D eigenvalue weighted by Gasteiger charge is -2.19. The van der Waals surface area contributed by atoms with E-state index < -0.39 is 0 Å². The maximum absolute atomic E-state index is 4.01. The summed E-state index contributed by atoms with van der Waals surface area (Å²) in [4.78, 5) is 4.01. The second-order valence-electron chi connectivity index (χ2n) is 3.61. The standard InChI is InChI=1S/C9H12BrN/c1-9(2,3)7-4-5-11-6-8(7)10/h4-6H,1-3H3. The van der Waals surface area contributed by atoms with Crippen LogP contribution < -0.4 is 0 Å². The Morgan fingerprint density at radius 3 is 2.36 bits per heavy atom. The van der Waals surface area contributed by atoms with Gasteiger partial charge < -0.3 is 0 Å². The Morgan fingerprint density at radius 1 is 1.36 bits per heavy atom. The predicted molar refractivity (Wildman–Crippen MR) is 50.6 cm³/mol. The molecule has 1 rings (SSSR count). The molecule has 0 bridgehead atoms. The van der Waals surface area contributed by atoms with Crippen LogP contribution >= 0.6 is 15.9 Å². The van der Waals surface area contributed by atoms with E-state index in [0.717, 1.165) is 4.47 Å². The monoisotopic (exact) mass is 213 g/mol. The summed E-state index contributed by atoms with van der Waals surface area (Å²) in [6.45, 7) is 6.56. The molecule has 11 heavy (non-hydrogen) atoms. The summed E-state index contributed by atoms with van der Waals surface area (Å²) in [5.74, 6) is 0. The van der Waals surface area contributed by atoms with Crippen molar-refractivity contribution >= 4 is 15.9 Å². The van der Waals surface area contributed by atoms with Crippen LogP contribution in [0, 0.1) is 0 Å². The Balaban J connectivity index is 3.14. The number of aromatic nitrogens is 1. The lowest BCUT2D eigenvalue weighted by molar-refractivity contribution is 0.586. The minimum absolute atomic E-state index is 0.196. The van der Waals surface area contributed by atoms with Crippen LogP contribution in [0.4, 0.5) is 0 Å². The van der Waals surface area contributed by atoms with Gasteiger partial charge in [0.05, 0.1) is 0 Å². The lowest BCUT2D eigenvalue weighted by atomic mass is 9.88. The molecule has 0 unspecified atom stereocenters. The summed E-state index contributed by atoms with van der Waals surface area (Å²) < 4.78 is 1.09. The van der Waals surface area contributed by atoms with Crippen molar-refractivity contribution in [2.45, 2.75) is 26.2 Å². The zero-order valence-electron chi connectivity index (χ0n) is 7.06. The third-order valence-corrected chi connectivity index (χ3v) is 2.21. The summed E-state index contributed by atoms with van der Waals surface area (Å²) in [6, 6.07) is 2.05. The molecule has 0 aliphatic heterocycles. The molecule has 1 nitrogen and oxygen atoms in total. The molecule has 0 aliphatic rings. The zero-order valence-corrected chi connectivity index (χ0v) is 8.64. The number of hydrogen-bond acceptors (Lipinski definition) is 1. The molecule has 0 spiro atoms. The minimum atomic E-state index is 0.196. The van der Waals surface area contributed by atoms with Crippen molar-refractivity contribution in [3.05, 3.63) is 28.5 Å². The molecule has 0 radical (unpaired) electrons. The summed E-state index contributed by atoms with van der Waals surface area (Å²) in [7, 11) is 0. The van der Waals surface area contributed by atoms with Crippen LogP contribution in [0.3, 0.4) is 0 Å². The van der Waals surface area contributed by atoms with Gasteiger partial charge in [-0.05, 0) is 33.0 Å². The van der Waals surface area contributed by atoms with E-state index in [1.165, 1.54) is 5.56 Å². The highest BCUT2D eigenvalue weighted by Crippen LogP contribution is 2.28. The largest absolute Gasteiger partial charge is 0.264 e. The molecule has 0 N–H and O–H groups in total. The van der Waals surface area contributed by atoms with E-state index in [4.69, 9.17) is 0 Å². The van der Waals surface area contributed by atoms with E-state index in [1.54, 1.807) is 0 Å². The third kappa shape index (κ3) is 2.03. The fourth-order valence-corrected chi connectivity index (χ4v) is 1.83. The van der Waals surface area contributed by atoms with Crippen molar-refractivity contribution in [2.24, 2.45) is 0 Å². The molecule has 0 saturated heterocycles. The van der Waals surface area contributed by atoms with Gasteiger partial charge in [-0.3, -0.25) is 4.98 Å². The Kier molecular flexibility index (Phi) is 2.33. The minimum Gasteiger partial charge on any atom is -0.264 e. The molecule has 0 fully saturated rings. The molecule has 0 atom stereocenters. The molecular weight excluding hydrogens is 202 g/mol. The summed E-state index contributed by atoms with van der Waals surface area (Å²) in [5.41, 5.74) is 1.49. The van der Waals surface area contributed by atoms with Gasteiger partial charge in [-0.1, -0.05) is 20.8 Å². The average molecular weight is 214 g/mol. The van der Waals surface area contributed by atoms with Crippen molar-refractivity contribution in [1.29, 1.82) is 0 Å². The highest BCUT2D eigenvalue weighted by Gasteiger charge is 2.15. The lowest BCUT2D eigenvalue weighted by Crippen LogP contribution is -2.11. The van der Waals surface area contributed by atoms with Gasteiger partial charge in [0.25, 0.3) is 0 Å². The van der Waals surface area contributed by atoms with Gasteiger partial charge in [-0.2, -0.15) is 0 Å². The molecule has 60 valence electrons. The van der Waals surface area contributed by atoms with E-state index in [2.05, 4.69) is 41.7 Å². The molecule has 0 aliphatic carbocycles. The molecule has 1 heterocycles. The van der Waals surface area contributed by atoms with Crippen molar-refractivity contribution in [2.75, 3.05) is 0 Å². The number of pyridine rings is 1. The predicted octanol–water partition coefficient (Wildman–Crippen LogP) is 3.14. The Morgan fingerprint density at radius 2 is 2.00 bits per heavy atom. The van der Waals surface area contributed by atoms with Crippen molar-refractivity contribution in [3.8, 4) is 0 Å². The second kappa shape index (κ2) is 2.94. The molecule has 0 amide bonds. The van der Waals surface area contributed by atoms with Crippen molar-refractivity contribution in [1.82, 2.24) is 4.98 Å². The van der Waals surface area contributed by atoms with Crippen LogP contribution in [0.1, 0.15) is 26.3 Å². The highest BCUT2D eigenvalue weighted by atomic mass is 79.9. The van der Waals surface area contributed by atoms with Gasteiger partial charge in [-0.25, -0.2) is 0 Å². The first-order valence-corrected chi connectivity index (χ1v) is 4.41. The van der Waals surface area contributed by atoms with E-state index in [1.807, 2.05) is 18.5 Å². The molecule has 0 aromatic carbocycles. The van der Waals surface area contributed by atoms with E-state index in [0.29, 0.717) is 0 Å². The zero-order chi connectivity index (χ0) is 8.48. The van der Waals surface area contributed by atoms with Crippen molar-refractivity contribution in [3.63, 3.8) is 0 Å². The van der Waals surface area contributed by atoms with Crippen LogP contribution in [0.2, 0.25) is 0 Å². The van der Waals surface area contributed by atoms with Gasteiger partial charge in [0.2, 0.25) is 0 Å². The number of rotatable bonds is 0. The first kappa shape index (κ1) is 8.72. The fourth-order valence-electron chi connectivity index (χ4n) is 0.983. The third-order valence-electron chi connectivity index (χ3n) is 1.58. The number of nitrogens with zero attached hydrogens (tertiary/aromatic N) is 1. The first-order valence-electron chi connectivity index (χ1n) is 3.62. The maximum atomic E-state index is 4.01. The summed E-state index contributed by atoms with van der Waals surface area (Å²) >= 11 is 3.47. The Bertz CT molecular complexity index is 250. The van der Waals surface area contributed by atoms with E-state index in [-0.39, 0.29) is 5.41 Å². The molecule has 1 aromatic heterocycles.